The Kier molecular flexibility index (Phi) is 2.50. The summed E-state index contributed by atoms with van der Waals surface area (Å²) < 4.78 is 0. The molecule has 0 aromatic heterocycles. The van der Waals surface area contributed by atoms with Crippen LogP contribution in [0.3, 0.4) is 0 Å². The monoisotopic (exact) mass is 343 g/mol. The maximum atomic E-state index is 13.5. The van der Waals surface area contributed by atoms with E-state index in [1.54, 1.807) is 0 Å². The summed E-state index contributed by atoms with van der Waals surface area (Å²) in [5.41, 5.74) is 0.235. The van der Waals surface area contributed by atoms with E-state index < -0.39 is 17.6 Å². The number of Topliss-reactive ketones (excluding diaryl/α,β-unsaturated/α-hetero) is 1. The predicted molar refractivity (Wildman–Crippen MR) is 92.6 cm³/mol. The molecule has 1 saturated heterocycles. The highest BCUT2D eigenvalue weighted by Gasteiger charge is 2.85. The first-order valence-corrected chi connectivity index (χ1v) is 10.1. The molecule has 2 spiro atoms. The molecule has 2 N–H and O–H groups in total. The van der Waals surface area contributed by atoms with Crippen molar-refractivity contribution in [3.8, 4) is 0 Å². The fourth-order valence-electron chi connectivity index (χ4n) is 9.88. The van der Waals surface area contributed by atoms with Crippen molar-refractivity contribution in [2.24, 2.45) is 39.9 Å². The van der Waals surface area contributed by atoms with Gasteiger partial charge in [0.2, 0.25) is 0 Å². The molecule has 1 heterocycles. The Labute approximate surface area is 149 Å². The number of fused-ring (bicyclic) bond motifs is 1. The van der Waals surface area contributed by atoms with Gasteiger partial charge in [-0.05, 0) is 43.2 Å². The van der Waals surface area contributed by atoms with Crippen molar-refractivity contribution in [3.05, 3.63) is 12.2 Å². The van der Waals surface area contributed by atoms with Crippen LogP contribution in [0.2, 0.25) is 0 Å². The van der Waals surface area contributed by atoms with E-state index in [2.05, 4.69) is 25.5 Å². The minimum Gasteiger partial charge on any atom is -0.392 e. The lowest BCUT2D eigenvalue weighted by molar-refractivity contribution is -0.221. The first kappa shape index (κ1) is 15.4. The van der Waals surface area contributed by atoms with Crippen molar-refractivity contribution in [1.82, 2.24) is 4.90 Å². The molecule has 4 nitrogen and oxygen atoms in total. The number of ketones is 1. The third-order valence-corrected chi connectivity index (χ3v) is 9.86. The third-order valence-electron chi connectivity index (χ3n) is 9.86. The standard InChI is InChI=1S/C21H29NO3/c1-10-11-7-12-17-20-6-4-5-19(2,9-22(17)3)15(20)13(23)8-21(12,18(10)25)16(20)14(11)24/h11-12,14-18,24-25H,1,4-9H2,2-3H3/t11-,12-,14+,15-,16+,17-,18-,19+,20+,21-/m1/s1. The summed E-state index contributed by atoms with van der Waals surface area (Å²) in [6.45, 7) is 7.44. The molecule has 0 aromatic rings. The van der Waals surface area contributed by atoms with E-state index in [1.807, 2.05) is 0 Å². The second-order valence-electron chi connectivity index (χ2n) is 10.6. The first-order chi connectivity index (χ1) is 11.8. The van der Waals surface area contributed by atoms with Crippen LogP contribution in [-0.2, 0) is 4.79 Å². The molecule has 7 fully saturated rings. The molecule has 0 aromatic carbocycles. The van der Waals surface area contributed by atoms with Crippen LogP contribution < -0.4 is 0 Å². The molecule has 6 bridgehead atoms. The Balaban J connectivity index is 1.68. The highest BCUT2D eigenvalue weighted by molar-refractivity contribution is 5.86. The molecular weight excluding hydrogens is 314 g/mol. The average molecular weight is 343 g/mol. The summed E-state index contributed by atoms with van der Waals surface area (Å²) in [5, 5.41) is 22.7. The number of rotatable bonds is 0. The quantitative estimate of drug-likeness (QED) is 0.656. The van der Waals surface area contributed by atoms with E-state index in [0.717, 1.165) is 37.8 Å². The number of carbonyl (C=O) groups excluding carboxylic acids is 1. The zero-order valence-corrected chi connectivity index (χ0v) is 15.2. The van der Waals surface area contributed by atoms with E-state index in [1.165, 1.54) is 0 Å². The summed E-state index contributed by atoms with van der Waals surface area (Å²) in [7, 11) is 2.23. The van der Waals surface area contributed by atoms with Gasteiger partial charge in [0.15, 0.2) is 0 Å². The van der Waals surface area contributed by atoms with Crippen LogP contribution in [-0.4, -0.2) is 52.7 Å². The number of aliphatic hydroxyl groups excluding tert-OH is 2. The number of hydrogen-bond acceptors (Lipinski definition) is 4. The van der Waals surface area contributed by atoms with Crippen molar-refractivity contribution in [1.29, 1.82) is 0 Å². The van der Waals surface area contributed by atoms with Gasteiger partial charge < -0.3 is 15.1 Å². The van der Waals surface area contributed by atoms with Gasteiger partial charge in [-0.1, -0.05) is 19.9 Å². The van der Waals surface area contributed by atoms with Crippen LogP contribution in [0.25, 0.3) is 0 Å². The molecule has 6 aliphatic carbocycles. The number of aliphatic hydroxyl groups is 2. The Bertz CT molecular complexity index is 720. The zero-order valence-electron chi connectivity index (χ0n) is 15.2. The van der Waals surface area contributed by atoms with E-state index >= 15 is 0 Å². The van der Waals surface area contributed by atoms with E-state index in [9.17, 15) is 15.0 Å². The Hall–Kier alpha value is -0.710. The second kappa shape index (κ2) is 4.07. The molecule has 6 saturated carbocycles. The van der Waals surface area contributed by atoms with Gasteiger partial charge in [-0.2, -0.15) is 0 Å². The molecule has 1 aliphatic heterocycles. The summed E-state index contributed by atoms with van der Waals surface area (Å²) in [5.74, 6) is 0.859. The van der Waals surface area contributed by atoms with Gasteiger partial charge in [0.1, 0.15) is 5.78 Å². The topological polar surface area (TPSA) is 60.8 Å². The van der Waals surface area contributed by atoms with Gasteiger partial charge in [0.25, 0.3) is 0 Å². The molecular formula is C21H29NO3. The maximum Gasteiger partial charge on any atom is 0.137 e. The van der Waals surface area contributed by atoms with E-state index in [0.29, 0.717) is 24.2 Å². The average Bonchev–Trinajstić information content (AvgIpc) is 2.63. The normalized spacial score (nSPS) is 64.7. The van der Waals surface area contributed by atoms with Crippen LogP contribution in [0.5, 0.6) is 0 Å². The van der Waals surface area contributed by atoms with Crippen molar-refractivity contribution in [3.63, 3.8) is 0 Å². The highest BCUT2D eigenvalue weighted by Crippen LogP contribution is 2.81. The maximum absolute atomic E-state index is 13.5. The molecule has 7 aliphatic rings. The van der Waals surface area contributed by atoms with Gasteiger partial charge in [-0.15, -0.1) is 0 Å². The van der Waals surface area contributed by atoms with E-state index in [4.69, 9.17) is 0 Å². The summed E-state index contributed by atoms with van der Waals surface area (Å²) in [6, 6.07) is 0.338. The molecule has 25 heavy (non-hydrogen) atoms. The summed E-state index contributed by atoms with van der Waals surface area (Å²) in [4.78, 5) is 16.0. The second-order valence-corrected chi connectivity index (χ2v) is 10.6. The van der Waals surface area contributed by atoms with Crippen molar-refractivity contribution < 1.29 is 15.0 Å². The Morgan fingerprint density at radius 2 is 2.00 bits per heavy atom. The lowest BCUT2D eigenvalue weighted by atomic mass is 9.38. The number of nitrogens with zero attached hydrogens (tertiary/aromatic N) is 1. The minimum absolute atomic E-state index is 0.0160. The predicted octanol–water partition coefficient (Wildman–Crippen LogP) is 1.61. The lowest BCUT2D eigenvalue weighted by Gasteiger charge is -2.67. The SMILES string of the molecule is C=C1[C@H]2C[C@@H]3[C@H]4N(C)C[C@]5(C)CCC[C@]46[C@H]([C@H]2O)[C@]3(CC(=O)[C@H]56)[C@@H]1O. The van der Waals surface area contributed by atoms with Gasteiger partial charge in [0.05, 0.1) is 12.2 Å². The molecule has 10 atom stereocenters. The Morgan fingerprint density at radius 1 is 1.24 bits per heavy atom. The molecule has 136 valence electrons. The van der Waals surface area contributed by atoms with Crippen LogP contribution in [0.15, 0.2) is 12.2 Å². The zero-order chi connectivity index (χ0) is 17.5. The number of likely N-dealkylation sites (tertiary alicyclic amines) is 1. The molecule has 0 unspecified atom stereocenters. The lowest BCUT2D eigenvalue weighted by Crippen LogP contribution is -2.71. The fourth-order valence-corrected chi connectivity index (χ4v) is 9.88. The molecule has 7 rings (SSSR count). The third kappa shape index (κ3) is 1.27. The van der Waals surface area contributed by atoms with E-state index in [-0.39, 0.29) is 28.6 Å². The Morgan fingerprint density at radius 3 is 2.76 bits per heavy atom. The van der Waals surface area contributed by atoms with Crippen molar-refractivity contribution in [2.45, 2.75) is 57.3 Å². The smallest absolute Gasteiger partial charge is 0.137 e. The highest BCUT2D eigenvalue weighted by atomic mass is 16.3. The van der Waals surface area contributed by atoms with Gasteiger partial charge >= 0.3 is 0 Å². The molecule has 0 radical (unpaired) electrons. The van der Waals surface area contributed by atoms with Gasteiger partial charge in [0, 0.05) is 47.6 Å². The van der Waals surface area contributed by atoms with Crippen molar-refractivity contribution >= 4 is 5.78 Å². The summed E-state index contributed by atoms with van der Waals surface area (Å²) in [6.07, 6.45) is 3.62. The number of piperidine rings is 1. The van der Waals surface area contributed by atoms with Crippen molar-refractivity contribution in [2.75, 3.05) is 13.6 Å². The van der Waals surface area contributed by atoms with Crippen LogP contribution in [0.1, 0.15) is 39.0 Å². The fraction of sp³-hybridized carbons (Fsp3) is 0.857. The van der Waals surface area contributed by atoms with Crippen LogP contribution in [0, 0.1) is 39.9 Å². The molecule has 0 amide bonds. The largest absolute Gasteiger partial charge is 0.392 e. The summed E-state index contributed by atoms with van der Waals surface area (Å²) >= 11 is 0. The minimum atomic E-state index is -0.615. The van der Waals surface area contributed by atoms with Gasteiger partial charge in [-0.25, -0.2) is 0 Å². The first-order valence-electron chi connectivity index (χ1n) is 10.1. The number of hydrogen-bond donors (Lipinski definition) is 2. The van der Waals surface area contributed by atoms with Crippen LogP contribution >= 0.6 is 0 Å². The van der Waals surface area contributed by atoms with Gasteiger partial charge in [-0.3, -0.25) is 4.79 Å². The molecule has 4 heteroatoms. The number of carbonyl (C=O) groups is 1. The van der Waals surface area contributed by atoms with Crippen LogP contribution in [0.4, 0.5) is 0 Å².